The van der Waals surface area contributed by atoms with Gasteiger partial charge in [-0.25, -0.2) is 0 Å². The Morgan fingerprint density at radius 2 is 1.64 bits per heavy atom. The van der Waals surface area contributed by atoms with Crippen molar-refractivity contribution >= 4 is 0 Å². The molecular formula is C12H26O2. The van der Waals surface area contributed by atoms with Crippen LogP contribution in [0.15, 0.2) is 0 Å². The van der Waals surface area contributed by atoms with Gasteiger partial charge in [-0.15, -0.1) is 0 Å². The maximum atomic E-state index is 5.79. The third kappa shape index (κ3) is 8.52. The molecule has 2 heteroatoms. The zero-order valence-electron chi connectivity index (χ0n) is 10.6. The van der Waals surface area contributed by atoms with Crippen LogP contribution >= 0.6 is 0 Å². The summed E-state index contributed by atoms with van der Waals surface area (Å²) in [6.45, 7) is 14.3. The van der Waals surface area contributed by atoms with Crippen LogP contribution in [0.4, 0.5) is 0 Å². The van der Waals surface area contributed by atoms with E-state index in [9.17, 15) is 0 Å². The summed E-state index contributed by atoms with van der Waals surface area (Å²) in [6.07, 6.45) is 1.27. The van der Waals surface area contributed by atoms with E-state index in [1.165, 1.54) is 0 Å². The predicted molar refractivity (Wildman–Crippen MR) is 60.6 cm³/mol. The Labute approximate surface area is 89.0 Å². The molecule has 0 spiro atoms. The van der Waals surface area contributed by atoms with Crippen molar-refractivity contribution in [2.45, 2.75) is 59.7 Å². The Kier molecular flexibility index (Phi) is 6.38. The van der Waals surface area contributed by atoms with Crippen LogP contribution in [0, 0.1) is 5.92 Å². The Balaban J connectivity index is 3.61. The van der Waals surface area contributed by atoms with E-state index in [0.29, 0.717) is 12.0 Å². The van der Waals surface area contributed by atoms with Gasteiger partial charge in [0.05, 0.1) is 11.7 Å². The summed E-state index contributed by atoms with van der Waals surface area (Å²) < 4.78 is 11.3. The first-order chi connectivity index (χ1) is 6.33. The van der Waals surface area contributed by atoms with Crippen molar-refractivity contribution in [2.75, 3.05) is 13.2 Å². The fourth-order valence-corrected chi connectivity index (χ4v) is 1.00. The highest BCUT2D eigenvalue weighted by Crippen LogP contribution is 2.16. The molecule has 0 N–H and O–H groups in total. The first-order valence-electron chi connectivity index (χ1n) is 5.59. The van der Waals surface area contributed by atoms with E-state index < -0.39 is 0 Å². The molecule has 2 nitrogen and oxygen atoms in total. The normalized spacial score (nSPS) is 12.9. The van der Waals surface area contributed by atoms with Crippen LogP contribution in [0.2, 0.25) is 0 Å². The Hall–Kier alpha value is -0.0800. The van der Waals surface area contributed by atoms with Crippen molar-refractivity contribution in [3.05, 3.63) is 0 Å². The van der Waals surface area contributed by atoms with Crippen molar-refractivity contribution in [2.24, 2.45) is 5.92 Å². The SMILES string of the molecule is CC(C)COC(C)(C)CCOC(C)C. The summed E-state index contributed by atoms with van der Waals surface area (Å²) in [6, 6.07) is 0. The van der Waals surface area contributed by atoms with Gasteiger partial charge in [0.1, 0.15) is 0 Å². The van der Waals surface area contributed by atoms with Crippen LogP contribution in [0.25, 0.3) is 0 Å². The molecule has 0 aromatic heterocycles. The van der Waals surface area contributed by atoms with Crippen molar-refractivity contribution < 1.29 is 9.47 Å². The van der Waals surface area contributed by atoms with Crippen LogP contribution in [-0.2, 0) is 9.47 Å². The first kappa shape index (κ1) is 13.9. The lowest BCUT2D eigenvalue weighted by molar-refractivity contribution is -0.0565. The minimum atomic E-state index is -0.0564. The second-order valence-electron chi connectivity index (χ2n) is 5.13. The summed E-state index contributed by atoms with van der Waals surface area (Å²) >= 11 is 0. The maximum Gasteiger partial charge on any atom is 0.0648 e. The highest BCUT2D eigenvalue weighted by molar-refractivity contribution is 4.68. The van der Waals surface area contributed by atoms with Crippen LogP contribution in [0.5, 0.6) is 0 Å². The Morgan fingerprint density at radius 3 is 2.07 bits per heavy atom. The Bertz CT molecular complexity index is 139. The number of rotatable bonds is 7. The molecule has 0 fully saturated rings. The molecule has 0 aliphatic rings. The molecule has 0 heterocycles. The van der Waals surface area contributed by atoms with Crippen LogP contribution < -0.4 is 0 Å². The molecular weight excluding hydrogens is 176 g/mol. The molecule has 0 rings (SSSR count). The van der Waals surface area contributed by atoms with Crippen LogP contribution in [0.3, 0.4) is 0 Å². The molecule has 0 saturated carbocycles. The van der Waals surface area contributed by atoms with Gasteiger partial charge in [0.2, 0.25) is 0 Å². The molecule has 0 aromatic carbocycles. The minimum absolute atomic E-state index is 0.0564. The third-order valence-corrected chi connectivity index (χ3v) is 1.96. The van der Waals surface area contributed by atoms with Crippen molar-refractivity contribution in [1.82, 2.24) is 0 Å². The second kappa shape index (κ2) is 6.41. The molecule has 0 radical (unpaired) electrons. The van der Waals surface area contributed by atoms with Crippen molar-refractivity contribution in [1.29, 1.82) is 0 Å². The third-order valence-electron chi connectivity index (χ3n) is 1.96. The average Bonchev–Trinajstić information content (AvgIpc) is 2.00. The standard InChI is InChI=1S/C12H26O2/c1-10(2)9-14-12(5,6)7-8-13-11(3)4/h10-11H,7-9H2,1-6H3. The summed E-state index contributed by atoms with van der Waals surface area (Å²) in [5, 5.41) is 0. The predicted octanol–water partition coefficient (Wildman–Crippen LogP) is 3.25. The molecule has 0 saturated heterocycles. The topological polar surface area (TPSA) is 18.5 Å². The lowest BCUT2D eigenvalue weighted by Gasteiger charge is -2.26. The van der Waals surface area contributed by atoms with Crippen LogP contribution in [0.1, 0.15) is 48.0 Å². The molecule has 86 valence electrons. The van der Waals surface area contributed by atoms with E-state index in [-0.39, 0.29) is 5.60 Å². The molecule has 0 aliphatic carbocycles. The van der Waals surface area contributed by atoms with Gasteiger partial charge in [0.15, 0.2) is 0 Å². The van der Waals surface area contributed by atoms with Crippen molar-refractivity contribution in [3.8, 4) is 0 Å². The number of ether oxygens (including phenoxy) is 2. The first-order valence-corrected chi connectivity index (χ1v) is 5.59. The molecule has 0 bridgehead atoms. The van der Waals surface area contributed by atoms with Gasteiger partial charge < -0.3 is 9.47 Å². The lowest BCUT2D eigenvalue weighted by Crippen LogP contribution is -2.28. The van der Waals surface area contributed by atoms with E-state index in [1.54, 1.807) is 0 Å². The van der Waals surface area contributed by atoms with Gasteiger partial charge in [-0.05, 0) is 40.0 Å². The summed E-state index contributed by atoms with van der Waals surface area (Å²) in [5.41, 5.74) is -0.0564. The quantitative estimate of drug-likeness (QED) is 0.631. The van der Waals surface area contributed by atoms with Gasteiger partial charge in [-0.3, -0.25) is 0 Å². The summed E-state index contributed by atoms with van der Waals surface area (Å²) in [7, 11) is 0. The fourth-order valence-electron chi connectivity index (χ4n) is 1.00. The van der Waals surface area contributed by atoms with Gasteiger partial charge in [0.25, 0.3) is 0 Å². The van der Waals surface area contributed by atoms with Gasteiger partial charge in [0, 0.05) is 13.2 Å². The monoisotopic (exact) mass is 202 g/mol. The summed E-state index contributed by atoms with van der Waals surface area (Å²) in [5.74, 6) is 0.597. The highest BCUT2D eigenvalue weighted by atomic mass is 16.5. The molecule has 0 atom stereocenters. The summed E-state index contributed by atoms with van der Waals surface area (Å²) in [4.78, 5) is 0. The van der Waals surface area contributed by atoms with Crippen molar-refractivity contribution in [3.63, 3.8) is 0 Å². The molecule has 14 heavy (non-hydrogen) atoms. The second-order valence-corrected chi connectivity index (χ2v) is 5.13. The van der Waals surface area contributed by atoms with Crippen LogP contribution in [-0.4, -0.2) is 24.9 Å². The maximum absolute atomic E-state index is 5.79. The zero-order chi connectivity index (χ0) is 11.2. The van der Waals surface area contributed by atoms with E-state index in [1.807, 2.05) is 0 Å². The van der Waals surface area contributed by atoms with E-state index in [4.69, 9.17) is 9.47 Å². The lowest BCUT2D eigenvalue weighted by atomic mass is 10.1. The zero-order valence-corrected chi connectivity index (χ0v) is 10.6. The van der Waals surface area contributed by atoms with Gasteiger partial charge >= 0.3 is 0 Å². The largest absolute Gasteiger partial charge is 0.379 e. The van der Waals surface area contributed by atoms with E-state index in [0.717, 1.165) is 19.6 Å². The highest BCUT2D eigenvalue weighted by Gasteiger charge is 2.18. The smallest absolute Gasteiger partial charge is 0.0648 e. The molecule has 0 aliphatic heterocycles. The molecule has 0 aromatic rings. The fraction of sp³-hybridized carbons (Fsp3) is 1.00. The van der Waals surface area contributed by atoms with Gasteiger partial charge in [-0.1, -0.05) is 13.8 Å². The molecule has 0 unspecified atom stereocenters. The van der Waals surface area contributed by atoms with E-state index >= 15 is 0 Å². The number of hydrogen-bond acceptors (Lipinski definition) is 2. The molecule has 0 amide bonds. The van der Waals surface area contributed by atoms with E-state index in [2.05, 4.69) is 41.5 Å². The Morgan fingerprint density at radius 1 is 1.07 bits per heavy atom. The average molecular weight is 202 g/mol. The minimum Gasteiger partial charge on any atom is -0.379 e. The number of hydrogen-bond donors (Lipinski definition) is 0. The van der Waals surface area contributed by atoms with Gasteiger partial charge in [-0.2, -0.15) is 0 Å².